The summed E-state index contributed by atoms with van der Waals surface area (Å²) in [5, 5.41) is 49.1. The number of carboxylic acid groups (broad SMARTS) is 1. The zero-order valence-corrected chi connectivity index (χ0v) is 17.5. The fraction of sp³-hybridized carbons (Fsp3) is 0.350. The SMILES string of the molecule is CC(=O)N[C@H]1[C@H]([C@H](O)[C@H](O)CO)OC(C(=O)O)=C[C@@H]1n1cc2c(n1)c(F)cc1sccc12. The highest BCUT2D eigenvalue weighted by atomic mass is 32.1. The van der Waals surface area contributed by atoms with Gasteiger partial charge in [-0.25, -0.2) is 9.18 Å². The Morgan fingerprint density at radius 2 is 2.12 bits per heavy atom. The first-order valence-corrected chi connectivity index (χ1v) is 10.5. The van der Waals surface area contributed by atoms with Gasteiger partial charge in [-0.1, -0.05) is 0 Å². The van der Waals surface area contributed by atoms with Gasteiger partial charge in [-0.05, 0) is 23.6 Å². The number of aliphatic hydroxyl groups is 3. The molecule has 0 bridgehead atoms. The van der Waals surface area contributed by atoms with Gasteiger partial charge in [-0.2, -0.15) is 5.10 Å². The molecule has 0 saturated carbocycles. The Kier molecular flexibility index (Phi) is 5.86. The molecule has 5 atom stereocenters. The first-order chi connectivity index (χ1) is 15.2. The molecule has 4 rings (SSSR count). The second kappa shape index (κ2) is 8.47. The van der Waals surface area contributed by atoms with E-state index in [4.69, 9.17) is 4.74 Å². The van der Waals surface area contributed by atoms with Gasteiger partial charge in [0.25, 0.3) is 0 Å². The highest BCUT2D eigenvalue weighted by molar-refractivity contribution is 7.17. The van der Waals surface area contributed by atoms with Crippen molar-refractivity contribution in [2.45, 2.75) is 37.3 Å². The third kappa shape index (κ3) is 3.81. The van der Waals surface area contributed by atoms with Crippen LogP contribution < -0.4 is 5.32 Å². The summed E-state index contributed by atoms with van der Waals surface area (Å²) in [6.45, 7) is 0.394. The molecule has 12 heteroatoms. The number of aliphatic carboxylic acids is 1. The van der Waals surface area contributed by atoms with E-state index in [1.807, 2.05) is 6.07 Å². The summed E-state index contributed by atoms with van der Waals surface area (Å²) in [5.74, 6) is -3.08. The van der Waals surface area contributed by atoms with Gasteiger partial charge in [0.05, 0.1) is 18.7 Å². The van der Waals surface area contributed by atoms with Crippen LogP contribution in [0.4, 0.5) is 4.39 Å². The Morgan fingerprint density at radius 3 is 2.78 bits per heavy atom. The number of carboxylic acids is 1. The number of hydrogen-bond donors (Lipinski definition) is 5. The number of ether oxygens (including phenoxy) is 1. The number of thiophene rings is 1. The topological polar surface area (TPSA) is 154 Å². The molecule has 2 aromatic heterocycles. The van der Waals surface area contributed by atoms with E-state index in [1.54, 1.807) is 5.38 Å². The van der Waals surface area contributed by atoms with Crippen molar-refractivity contribution in [3.8, 4) is 0 Å². The molecule has 0 saturated heterocycles. The predicted molar refractivity (Wildman–Crippen MR) is 111 cm³/mol. The van der Waals surface area contributed by atoms with Crippen LogP contribution in [-0.2, 0) is 14.3 Å². The molecule has 3 aromatic rings. The lowest BCUT2D eigenvalue weighted by Gasteiger charge is -2.39. The molecule has 1 aliphatic heterocycles. The number of rotatable bonds is 6. The minimum absolute atomic E-state index is 0.0572. The van der Waals surface area contributed by atoms with Crippen LogP contribution in [0.3, 0.4) is 0 Å². The highest BCUT2D eigenvalue weighted by Crippen LogP contribution is 2.34. The molecule has 1 aliphatic rings. The summed E-state index contributed by atoms with van der Waals surface area (Å²) in [7, 11) is 0. The summed E-state index contributed by atoms with van der Waals surface area (Å²) in [6, 6.07) is 1.07. The average Bonchev–Trinajstić information content (AvgIpc) is 3.39. The number of hydrogen-bond acceptors (Lipinski definition) is 8. The van der Waals surface area contributed by atoms with Crippen molar-refractivity contribution in [3.63, 3.8) is 0 Å². The van der Waals surface area contributed by atoms with Crippen LogP contribution in [-0.4, -0.2) is 73.0 Å². The van der Waals surface area contributed by atoms with Crippen molar-refractivity contribution in [2.75, 3.05) is 6.61 Å². The maximum absolute atomic E-state index is 14.7. The molecule has 1 amide bonds. The number of halogens is 1. The highest BCUT2D eigenvalue weighted by Gasteiger charge is 2.44. The van der Waals surface area contributed by atoms with E-state index in [2.05, 4.69) is 10.4 Å². The van der Waals surface area contributed by atoms with Crippen LogP contribution in [0.2, 0.25) is 0 Å². The van der Waals surface area contributed by atoms with E-state index in [-0.39, 0.29) is 5.52 Å². The minimum atomic E-state index is -1.74. The van der Waals surface area contributed by atoms with Crippen molar-refractivity contribution in [2.24, 2.45) is 0 Å². The number of amides is 1. The number of benzene rings is 1. The average molecular weight is 465 g/mol. The van der Waals surface area contributed by atoms with Crippen molar-refractivity contribution in [1.29, 1.82) is 0 Å². The molecule has 3 heterocycles. The summed E-state index contributed by atoms with van der Waals surface area (Å²) >= 11 is 1.36. The summed E-state index contributed by atoms with van der Waals surface area (Å²) in [4.78, 5) is 23.6. The second-order valence-corrected chi connectivity index (χ2v) is 8.39. The number of aromatic nitrogens is 2. The standard InChI is InChI=1S/C20H20FN3O7S/c1-8(26)22-17-12(5-14(20(29)30)31-19(17)18(28)13(27)7-25)24-6-10-9-2-3-32-15(9)4-11(21)16(10)23-24/h2-6,12-13,17-19,25,27-28H,7H2,1H3,(H,22,26)(H,29,30)/t12-,13+,17+,18+,19+/m0/s1. The Labute approximate surface area is 184 Å². The molecule has 0 radical (unpaired) electrons. The van der Waals surface area contributed by atoms with E-state index >= 15 is 0 Å². The summed E-state index contributed by atoms with van der Waals surface area (Å²) in [6.07, 6.45) is -2.13. The van der Waals surface area contributed by atoms with Gasteiger partial charge in [0.2, 0.25) is 11.7 Å². The Morgan fingerprint density at radius 1 is 1.38 bits per heavy atom. The lowest BCUT2D eigenvalue weighted by Crippen LogP contribution is -2.58. The molecule has 1 aromatic carbocycles. The van der Waals surface area contributed by atoms with E-state index in [9.17, 15) is 34.4 Å². The maximum atomic E-state index is 14.7. The lowest BCUT2D eigenvalue weighted by molar-refractivity contribution is -0.147. The maximum Gasteiger partial charge on any atom is 0.370 e. The monoisotopic (exact) mass is 465 g/mol. The van der Waals surface area contributed by atoms with Crippen molar-refractivity contribution in [3.05, 3.63) is 41.4 Å². The van der Waals surface area contributed by atoms with Gasteiger partial charge in [-0.15, -0.1) is 11.3 Å². The van der Waals surface area contributed by atoms with E-state index < -0.39 is 60.5 Å². The molecule has 170 valence electrons. The van der Waals surface area contributed by atoms with Crippen LogP contribution in [0, 0.1) is 5.82 Å². The van der Waals surface area contributed by atoms with Crippen molar-refractivity contribution < 1.29 is 39.1 Å². The number of carbonyl (C=O) groups is 2. The first kappa shape index (κ1) is 22.1. The van der Waals surface area contributed by atoms with Gasteiger partial charge >= 0.3 is 5.97 Å². The van der Waals surface area contributed by atoms with Crippen LogP contribution in [0.1, 0.15) is 13.0 Å². The number of aliphatic hydroxyl groups excluding tert-OH is 3. The van der Waals surface area contributed by atoms with E-state index in [0.29, 0.717) is 10.1 Å². The fourth-order valence-electron chi connectivity index (χ4n) is 3.84. The van der Waals surface area contributed by atoms with Gasteiger partial charge in [0.1, 0.15) is 23.8 Å². The molecule has 32 heavy (non-hydrogen) atoms. The summed E-state index contributed by atoms with van der Waals surface area (Å²) in [5.41, 5.74) is 0.0572. The first-order valence-electron chi connectivity index (χ1n) is 9.61. The Hall–Kier alpha value is -3.06. The molecule has 0 spiro atoms. The molecular weight excluding hydrogens is 445 g/mol. The van der Waals surface area contributed by atoms with Crippen LogP contribution >= 0.6 is 11.3 Å². The number of fused-ring (bicyclic) bond motifs is 3. The quantitative estimate of drug-likeness (QED) is 0.353. The van der Waals surface area contributed by atoms with Gasteiger partial charge < -0.3 is 30.5 Å². The molecule has 5 N–H and O–H groups in total. The molecule has 0 aliphatic carbocycles. The van der Waals surface area contributed by atoms with Crippen LogP contribution in [0.15, 0.2) is 35.5 Å². The number of nitrogens with zero attached hydrogens (tertiary/aromatic N) is 2. The second-order valence-electron chi connectivity index (χ2n) is 7.44. The fourth-order valence-corrected chi connectivity index (χ4v) is 4.67. The van der Waals surface area contributed by atoms with Crippen LogP contribution in [0.25, 0.3) is 21.0 Å². The predicted octanol–water partition coefficient (Wildman–Crippen LogP) is 0.517. The smallest absolute Gasteiger partial charge is 0.370 e. The summed E-state index contributed by atoms with van der Waals surface area (Å²) < 4.78 is 22.0. The molecule has 0 fully saturated rings. The zero-order valence-electron chi connectivity index (χ0n) is 16.7. The molecule has 10 nitrogen and oxygen atoms in total. The third-order valence-corrected chi connectivity index (χ3v) is 6.18. The van der Waals surface area contributed by atoms with Gasteiger partial charge in [-0.3, -0.25) is 9.48 Å². The van der Waals surface area contributed by atoms with Crippen molar-refractivity contribution in [1.82, 2.24) is 15.1 Å². The number of carbonyl (C=O) groups excluding carboxylic acids is 1. The number of nitrogens with one attached hydrogen (secondary N) is 1. The normalized spacial score (nSPS) is 22.9. The van der Waals surface area contributed by atoms with Crippen molar-refractivity contribution >= 4 is 44.2 Å². The zero-order chi connectivity index (χ0) is 23.2. The van der Waals surface area contributed by atoms with Gasteiger partial charge in [0, 0.05) is 28.6 Å². The van der Waals surface area contributed by atoms with Crippen LogP contribution in [0.5, 0.6) is 0 Å². The Balaban J connectivity index is 1.88. The largest absolute Gasteiger partial charge is 0.478 e. The molecular formula is C20H20FN3O7S. The van der Waals surface area contributed by atoms with E-state index in [0.717, 1.165) is 5.39 Å². The third-order valence-electron chi connectivity index (χ3n) is 5.31. The van der Waals surface area contributed by atoms with E-state index in [1.165, 1.54) is 41.3 Å². The lowest BCUT2D eigenvalue weighted by atomic mass is 9.92. The minimum Gasteiger partial charge on any atom is -0.478 e. The molecule has 0 unspecified atom stereocenters. The Bertz CT molecular complexity index is 1220. The van der Waals surface area contributed by atoms with Gasteiger partial charge in [0.15, 0.2) is 5.82 Å².